The van der Waals surface area contributed by atoms with Crippen LogP contribution in [0.15, 0.2) is 30.5 Å². The molecule has 4 aromatic rings. The van der Waals surface area contributed by atoms with Gasteiger partial charge in [0.15, 0.2) is 11.6 Å². The van der Waals surface area contributed by atoms with Crippen molar-refractivity contribution in [2.24, 2.45) is 0 Å². The zero-order chi connectivity index (χ0) is 23.3. The van der Waals surface area contributed by atoms with Crippen LogP contribution in [0.4, 0.5) is 5.82 Å². The van der Waals surface area contributed by atoms with E-state index in [-0.39, 0.29) is 13.1 Å². The molecule has 2 saturated heterocycles. The van der Waals surface area contributed by atoms with Crippen molar-refractivity contribution in [3.05, 3.63) is 35.3 Å². The maximum absolute atomic E-state index is 11.4. The van der Waals surface area contributed by atoms with Crippen molar-refractivity contribution in [2.45, 2.75) is 18.4 Å². The van der Waals surface area contributed by atoms with Crippen molar-refractivity contribution in [1.82, 2.24) is 24.5 Å². The molecular formula is C22H23N6O4S2-. The van der Waals surface area contributed by atoms with Gasteiger partial charge in [-0.1, -0.05) is 12.1 Å². The SMILES string of the molecule is O=S([O-])N1CCC(O)(c2cc3nc(-c4cccc5[nH]ncc45)nc(N4CCOCC4)c3s2)CC1. The lowest BCUT2D eigenvalue weighted by Crippen LogP contribution is -2.42. The fourth-order valence-corrected chi connectivity index (χ4v) is 6.41. The molecule has 1 atom stereocenters. The van der Waals surface area contributed by atoms with Gasteiger partial charge in [-0.05, 0) is 25.0 Å². The molecule has 34 heavy (non-hydrogen) atoms. The Labute approximate surface area is 202 Å². The summed E-state index contributed by atoms with van der Waals surface area (Å²) < 4.78 is 30.5. The predicted molar refractivity (Wildman–Crippen MR) is 129 cm³/mol. The Morgan fingerprint density at radius 3 is 2.74 bits per heavy atom. The molecule has 2 N–H and O–H groups in total. The molecular weight excluding hydrogens is 476 g/mol. The largest absolute Gasteiger partial charge is 0.760 e. The molecule has 6 rings (SSSR count). The van der Waals surface area contributed by atoms with Crippen molar-refractivity contribution in [2.75, 3.05) is 44.3 Å². The van der Waals surface area contributed by atoms with Gasteiger partial charge in [0.05, 0.1) is 35.1 Å². The number of aromatic amines is 1. The molecule has 0 amide bonds. The van der Waals surface area contributed by atoms with Crippen LogP contribution in [0.2, 0.25) is 0 Å². The summed E-state index contributed by atoms with van der Waals surface area (Å²) in [6, 6.07) is 7.84. The molecule has 12 heteroatoms. The second-order valence-corrected chi connectivity index (χ2v) is 10.6. The van der Waals surface area contributed by atoms with E-state index in [1.54, 1.807) is 6.20 Å². The highest BCUT2D eigenvalue weighted by Gasteiger charge is 2.36. The normalized spacial score (nSPS) is 20.2. The number of hydrogen-bond acceptors (Lipinski definition) is 9. The third kappa shape index (κ3) is 3.80. The van der Waals surface area contributed by atoms with Crippen LogP contribution in [-0.2, 0) is 21.6 Å². The molecule has 1 aromatic carbocycles. The quantitative estimate of drug-likeness (QED) is 0.409. The summed E-state index contributed by atoms with van der Waals surface area (Å²) in [5, 5.41) is 19.5. The zero-order valence-electron chi connectivity index (χ0n) is 18.3. The van der Waals surface area contributed by atoms with E-state index in [4.69, 9.17) is 14.7 Å². The molecule has 0 bridgehead atoms. The summed E-state index contributed by atoms with van der Waals surface area (Å²) in [6.45, 7) is 3.28. The van der Waals surface area contributed by atoms with E-state index in [2.05, 4.69) is 15.1 Å². The van der Waals surface area contributed by atoms with Crippen molar-refractivity contribution in [3.8, 4) is 11.4 Å². The highest BCUT2D eigenvalue weighted by molar-refractivity contribution is 7.76. The summed E-state index contributed by atoms with van der Waals surface area (Å²) >= 11 is -0.776. The molecule has 0 aliphatic carbocycles. The average Bonchev–Trinajstić information content (AvgIpc) is 3.51. The first-order valence-electron chi connectivity index (χ1n) is 11.2. The number of fused-ring (bicyclic) bond motifs is 2. The lowest BCUT2D eigenvalue weighted by Gasteiger charge is -2.37. The molecule has 2 aliphatic rings. The van der Waals surface area contributed by atoms with Gasteiger partial charge in [-0.3, -0.25) is 9.31 Å². The zero-order valence-corrected chi connectivity index (χ0v) is 19.9. The Morgan fingerprint density at radius 1 is 1.18 bits per heavy atom. The van der Waals surface area contributed by atoms with E-state index >= 15 is 0 Å². The number of piperidine rings is 1. The smallest absolute Gasteiger partial charge is 0.162 e. The molecule has 5 heterocycles. The van der Waals surface area contributed by atoms with Crippen molar-refractivity contribution in [1.29, 1.82) is 0 Å². The van der Waals surface area contributed by atoms with Crippen LogP contribution in [0.3, 0.4) is 0 Å². The molecule has 10 nitrogen and oxygen atoms in total. The molecule has 2 fully saturated rings. The Balaban J connectivity index is 1.47. The number of thiophene rings is 1. The second-order valence-electron chi connectivity index (χ2n) is 8.61. The number of H-pyrrole nitrogens is 1. The predicted octanol–water partition coefficient (Wildman–Crippen LogP) is 2.15. The molecule has 0 radical (unpaired) electrons. The van der Waals surface area contributed by atoms with Gasteiger partial charge in [-0.2, -0.15) is 5.10 Å². The summed E-state index contributed by atoms with van der Waals surface area (Å²) in [5.41, 5.74) is 1.49. The summed E-state index contributed by atoms with van der Waals surface area (Å²) in [4.78, 5) is 12.9. The van der Waals surface area contributed by atoms with Crippen LogP contribution in [0.25, 0.3) is 32.5 Å². The van der Waals surface area contributed by atoms with E-state index in [0.717, 1.165) is 50.5 Å². The fourth-order valence-electron chi connectivity index (χ4n) is 4.67. The van der Waals surface area contributed by atoms with E-state index in [1.165, 1.54) is 15.6 Å². The van der Waals surface area contributed by atoms with Gasteiger partial charge in [0.25, 0.3) is 0 Å². The summed E-state index contributed by atoms with van der Waals surface area (Å²) in [7, 11) is 0. The van der Waals surface area contributed by atoms with Crippen LogP contribution in [0.5, 0.6) is 0 Å². The van der Waals surface area contributed by atoms with Gasteiger partial charge < -0.3 is 19.3 Å². The standard InChI is InChI=1S/C22H24N6O4S2/c29-22(4-6-28(7-5-22)34(30)31)18-12-17-19(33-18)21(27-8-10-32-11-9-27)25-20(24-17)14-2-1-3-16-15(14)13-23-26-16/h1-3,12-13,29H,4-11H2,(H,23,26)(H,30,31)/p-1. The number of hydrogen-bond donors (Lipinski definition) is 2. The van der Waals surface area contributed by atoms with Crippen LogP contribution >= 0.6 is 11.3 Å². The van der Waals surface area contributed by atoms with Crippen LogP contribution < -0.4 is 4.90 Å². The van der Waals surface area contributed by atoms with E-state index < -0.39 is 16.9 Å². The number of morpholine rings is 1. The van der Waals surface area contributed by atoms with Gasteiger partial charge in [0, 0.05) is 53.3 Å². The molecule has 2 aliphatic heterocycles. The maximum Gasteiger partial charge on any atom is 0.162 e. The van der Waals surface area contributed by atoms with Gasteiger partial charge in [-0.25, -0.2) is 14.3 Å². The van der Waals surface area contributed by atoms with Crippen molar-refractivity contribution < 1.29 is 18.6 Å². The number of anilines is 1. The monoisotopic (exact) mass is 499 g/mol. The number of aliphatic hydroxyl groups is 1. The van der Waals surface area contributed by atoms with Crippen LogP contribution in [0.1, 0.15) is 17.7 Å². The molecule has 178 valence electrons. The Morgan fingerprint density at radius 2 is 1.97 bits per heavy atom. The topological polar surface area (TPSA) is 131 Å². The number of benzene rings is 1. The van der Waals surface area contributed by atoms with Crippen LogP contribution in [0, 0.1) is 0 Å². The number of rotatable bonds is 4. The van der Waals surface area contributed by atoms with Gasteiger partial charge in [0.1, 0.15) is 5.60 Å². The maximum atomic E-state index is 11.4. The fraction of sp³-hybridized carbons (Fsp3) is 0.409. The minimum atomic E-state index is -2.27. The molecule has 0 saturated carbocycles. The molecule has 0 spiro atoms. The number of ether oxygens (including phenoxy) is 1. The first kappa shape index (κ1) is 22.0. The first-order chi connectivity index (χ1) is 16.5. The third-order valence-electron chi connectivity index (χ3n) is 6.61. The summed E-state index contributed by atoms with van der Waals surface area (Å²) in [5.74, 6) is 1.44. The number of nitrogens with one attached hydrogen (secondary N) is 1. The van der Waals surface area contributed by atoms with E-state index in [0.29, 0.717) is 31.9 Å². The van der Waals surface area contributed by atoms with Gasteiger partial charge in [-0.15, -0.1) is 11.3 Å². The number of nitrogens with zero attached hydrogens (tertiary/aromatic N) is 5. The Hall–Kier alpha value is -2.48. The lowest BCUT2D eigenvalue weighted by molar-refractivity contribution is -0.00658. The minimum Gasteiger partial charge on any atom is -0.760 e. The second kappa shape index (κ2) is 8.63. The lowest BCUT2D eigenvalue weighted by atomic mass is 9.91. The van der Waals surface area contributed by atoms with Crippen LogP contribution in [-0.4, -0.2) is 77.7 Å². The third-order valence-corrected chi connectivity index (χ3v) is 8.71. The highest BCUT2D eigenvalue weighted by atomic mass is 32.2. The molecule has 3 aromatic heterocycles. The average molecular weight is 500 g/mol. The Kier molecular flexibility index (Phi) is 5.59. The summed E-state index contributed by atoms with van der Waals surface area (Å²) in [6.07, 6.45) is 2.47. The first-order valence-corrected chi connectivity index (χ1v) is 13.0. The highest BCUT2D eigenvalue weighted by Crippen LogP contribution is 2.42. The van der Waals surface area contributed by atoms with Crippen molar-refractivity contribution in [3.63, 3.8) is 0 Å². The Bertz CT molecular complexity index is 1370. The van der Waals surface area contributed by atoms with Gasteiger partial charge in [0.2, 0.25) is 0 Å². The van der Waals surface area contributed by atoms with Gasteiger partial charge >= 0.3 is 0 Å². The van der Waals surface area contributed by atoms with Crippen molar-refractivity contribution >= 4 is 49.5 Å². The van der Waals surface area contributed by atoms with E-state index in [9.17, 15) is 13.9 Å². The van der Waals surface area contributed by atoms with E-state index in [1.807, 2.05) is 24.3 Å². The number of aromatic nitrogens is 4. The molecule has 1 unspecified atom stereocenters. The minimum absolute atomic E-state index is 0.288.